The van der Waals surface area contributed by atoms with Gasteiger partial charge in [0.2, 0.25) is 15.9 Å². The number of sulfonamides is 1. The number of benzene rings is 1. The van der Waals surface area contributed by atoms with Gasteiger partial charge in [-0.25, -0.2) is 8.42 Å². The highest BCUT2D eigenvalue weighted by Gasteiger charge is 2.34. The molecule has 0 aliphatic carbocycles. The number of amides is 1. The summed E-state index contributed by atoms with van der Waals surface area (Å²) >= 11 is 12.1. The summed E-state index contributed by atoms with van der Waals surface area (Å²) in [5, 5.41) is 0.224. The van der Waals surface area contributed by atoms with Crippen LogP contribution in [-0.4, -0.2) is 74.7 Å². The minimum absolute atomic E-state index is 0.000422. The number of carbonyl (C=O) groups excluding carboxylic acids is 1. The number of hydrogen-bond acceptors (Lipinski definition) is 4. The first kappa shape index (κ1) is 19.5. The standard InChI is InChI=1S/C15H21Cl2N3O3S/c1-11(15(21)18(2)3)19-7-9-20(10-8-19)24(22,23)14-12(16)5-4-6-13(14)17/h4-6,11H,7-10H2,1-3H3/t11-/m0/s1. The molecule has 2 rings (SSSR count). The molecule has 0 aromatic heterocycles. The third-order valence-corrected chi connectivity index (χ3v) is 6.99. The first-order valence-electron chi connectivity index (χ1n) is 7.55. The second-order valence-corrected chi connectivity index (χ2v) is 8.59. The van der Waals surface area contributed by atoms with Crippen LogP contribution >= 0.6 is 23.2 Å². The zero-order valence-corrected chi connectivity index (χ0v) is 16.2. The van der Waals surface area contributed by atoms with Crippen LogP contribution in [0.3, 0.4) is 0 Å². The molecule has 1 heterocycles. The highest BCUT2D eigenvalue weighted by atomic mass is 35.5. The molecule has 0 N–H and O–H groups in total. The van der Waals surface area contributed by atoms with Crippen LogP contribution in [0.4, 0.5) is 0 Å². The van der Waals surface area contributed by atoms with Gasteiger partial charge in [0.1, 0.15) is 4.90 Å². The summed E-state index contributed by atoms with van der Waals surface area (Å²) < 4.78 is 27.0. The van der Waals surface area contributed by atoms with Crippen molar-refractivity contribution >= 4 is 39.1 Å². The molecule has 0 spiro atoms. The Balaban J connectivity index is 2.13. The van der Waals surface area contributed by atoms with Gasteiger partial charge in [-0.05, 0) is 19.1 Å². The second kappa shape index (κ2) is 7.58. The van der Waals surface area contributed by atoms with Crippen LogP contribution in [0.25, 0.3) is 0 Å². The molecule has 1 aliphatic heterocycles. The average Bonchev–Trinajstić information content (AvgIpc) is 2.53. The molecule has 1 atom stereocenters. The molecule has 0 saturated carbocycles. The highest BCUT2D eigenvalue weighted by Crippen LogP contribution is 2.32. The van der Waals surface area contributed by atoms with Gasteiger partial charge in [-0.2, -0.15) is 4.31 Å². The number of hydrogen-bond donors (Lipinski definition) is 0. The number of carbonyl (C=O) groups is 1. The maximum atomic E-state index is 12.8. The molecule has 0 radical (unpaired) electrons. The Morgan fingerprint density at radius 1 is 1.12 bits per heavy atom. The van der Waals surface area contributed by atoms with Crippen LogP contribution in [0.1, 0.15) is 6.92 Å². The van der Waals surface area contributed by atoms with Crippen LogP contribution in [0.2, 0.25) is 10.0 Å². The van der Waals surface area contributed by atoms with Crippen LogP contribution in [0, 0.1) is 0 Å². The Morgan fingerprint density at radius 3 is 2.08 bits per heavy atom. The van der Waals surface area contributed by atoms with Crippen molar-refractivity contribution in [2.75, 3.05) is 40.3 Å². The van der Waals surface area contributed by atoms with E-state index in [-0.39, 0.29) is 40.0 Å². The smallest absolute Gasteiger partial charge is 0.246 e. The molecule has 0 bridgehead atoms. The quantitative estimate of drug-likeness (QED) is 0.781. The van der Waals surface area contributed by atoms with E-state index in [0.717, 1.165) is 0 Å². The average molecular weight is 394 g/mol. The molecule has 1 fully saturated rings. The van der Waals surface area contributed by atoms with Gasteiger partial charge in [-0.15, -0.1) is 0 Å². The molecule has 0 unspecified atom stereocenters. The Hall–Kier alpha value is -0.860. The maximum absolute atomic E-state index is 12.8. The fourth-order valence-electron chi connectivity index (χ4n) is 2.72. The van der Waals surface area contributed by atoms with Gasteiger partial charge in [0, 0.05) is 40.3 Å². The minimum atomic E-state index is -3.76. The van der Waals surface area contributed by atoms with Crippen molar-refractivity contribution in [1.82, 2.24) is 14.1 Å². The zero-order chi connectivity index (χ0) is 18.1. The summed E-state index contributed by atoms with van der Waals surface area (Å²) in [4.78, 5) is 15.5. The lowest BCUT2D eigenvalue weighted by molar-refractivity contribution is -0.134. The predicted molar refractivity (Wildman–Crippen MR) is 94.9 cm³/mol. The molecule has 1 aromatic rings. The normalized spacial score (nSPS) is 18.4. The van der Waals surface area contributed by atoms with Crippen LogP contribution < -0.4 is 0 Å². The highest BCUT2D eigenvalue weighted by molar-refractivity contribution is 7.89. The van der Waals surface area contributed by atoms with Crippen molar-refractivity contribution in [2.24, 2.45) is 0 Å². The Labute approximate surface area is 153 Å². The van der Waals surface area contributed by atoms with E-state index in [4.69, 9.17) is 23.2 Å². The van der Waals surface area contributed by atoms with Crippen molar-refractivity contribution in [3.63, 3.8) is 0 Å². The number of piperazine rings is 1. The molecule has 1 aromatic carbocycles. The molecular weight excluding hydrogens is 373 g/mol. The number of rotatable bonds is 4. The van der Waals surface area contributed by atoms with Crippen molar-refractivity contribution < 1.29 is 13.2 Å². The maximum Gasteiger partial charge on any atom is 0.246 e. The molecule has 24 heavy (non-hydrogen) atoms. The van der Waals surface area contributed by atoms with E-state index >= 15 is 0 Å². The van der Waals surface area contributed by atoms with Crippen molar-refractivity contribution in [3.8, 4) is 0 Å². The van der Waals surface area contributed by atoms with Gasteiger partial charge in [-0.3, -0.25) is 9.69 Å². The molecule has 9 heteroatoms. The fraction of sp³-hybridized carbons (Fsp3) is 0.533. The first-order chi connectivity index (χ1) is 11.2. The van der Waals surface area contributed by atoms with E-state index in [1.54, 1.807) is 20.2 Å². The molecule has 134 valence electrons. The van der Waals surface area contributed by atoms with Gasteiger partial charge >= 0.3 is 0 Å². The summed E-state index contributed by atoms with van der Waals surface area (Å²) in [6.45, 7) is 3.35. The number of halogens is 2. The summed E-state index contributed by atoms with van der Waals surface area (Å²) in [5.41, 5.74) is 0. The van der Waals surface area contributed by atoms with E-state index < -0.39 is 10.0 Å². The Kier molecular flexibility index (Phi) is 6.14. The Morgan fingerprint density at radius 2 is 1.62 bits per heavy atom. The fourth-order valence-corrected chi connectivity index (χ4v) is 5.23. The lowest BCUT2D eigenvalue weighted by atomic mass is 10.2. The van der Waals surface area contributed by atoms with Gasteiger partial charge in [0.15, 0.2) is 0 Å². The van der Waals surface area contributed by atoms with Gasteiger partial charge in [0.25, 0.3) is 0 Å². The molecule has 1 saturated heterocycles. The SMILES string of the molecule is C[C@@H](C(=O)N(C)C)N1CCN(S(=O)(=O)c2c(Cl)cccc2Cl)CC1. The molecule has 1 aliphatic rings. The van der Waals surface area contributed by atoms with E-state index in [1.165, 1.54) is 21.3 Å². The van der Waals surface area contributed by atoms with E-state index in [0.29, 0.717) is 13.1 Å². The third-order valence-electron chi connectivity index (χ3n) is 4.14. The lowest BCUT2D eigenvalue weighted by Crippen LogP contribution is -2.54. The third kappa shape index (κ3) is 3.86. The van der Waals surface area contributed by atoms with E-state index in [1.807, 2.05) is 11.8 Å². The van der Waals surface area contributed by atoms with Crippen molar-refractivity contribution in [1.29, 1.82) is 0 Å². The molecular formula is C15H21Cl2N3O3S. The monoisotopic (exact) mass is 393 g/mol. The van der Waals surface area contributed by atoms with Crippen molar-refractivity contribution in [2.45, 2.75) is 17.9 Å². The zero-order valence-electron chi connectivity index (χ0n) is 13.9. The lowest BCUT2D eigenvalue weighted by Gasteiger charge is -2.37. The second-order valence-electron chi connectivity index (χ2n) is 5.90. The summed E-state index contributed by atoms with van der Waals surface area (Å²) in [6.07, 6.45) is 0. The summed E-state index contributed by atoms with van der Waals surface area (Å²) in [6, 6.07) is 4.34. The first-order valence-corrected chi connectivity index (χ1v) is 9.75. The van der Waals surface area contributed by atoms with Crippen molar-refractivity contribution in [3.05, 3.63) is 28.2 Å². The van der Waals surface area contributed by atoms with Gasteiger partial charge < -0.3 is 4.90 Å². The van der Waals surface area contributed by atoms with E-state index in [2.05, 4.69) is 0 Å². The predicted octanol–water partition coefficient (Wildman–Crippen LogP) is 1.78. The van der Waals surface area contributed by atoms with Crippen LogP contribution in [0.5, 0.6) is 0 Å². The van der Waals surface area contributed by atoms with Gasteiger partial charge in [-0.1, -0.05) is 29.3 Å². The van der Waals surface area contributed by atoms with E-state index in [9.17, 15) is 13.2 Å². The summed E-state index contributed by atoms with van der Waals surface area (Å²) in [7, 11) is -0.347. The number of nitrogens with zero attached hydrogens (tertiary/aromatic N) is 3. The van der Waals surface area contributed by atoms with Crippen LogP contribution in [-0.2, 0) is 14.8 Å². The van der Waals surface area contributed by atoms with Gasteiger partial charge in [0.05, 0.1) is 16.1 Å². The summed E-state index contributed by atoms with van der Waals surface area (Å²) in [5.74, 6) is 0.000422. The number of likely N-dealkylation sites (N-methyl/N-ethyl adjacent to an activating group) is 1. The topological polar surface area (TPSA) is 60.9 Å². The molecule has 6 nitrogen and oxygen atoms in total. The molecule has 1 amide bonds. The Bertz CT molecular complexity index is 696. The minimum Gasteiger partial charge on any atom is -0.347 e. The largest absolute Gasteiger partial charge is 0.347 e. The van der Waals surface area contributed by atoms with Crippen LogP contribution in [0.15, 0.2) is 23.1 Å².